The monoisotopic (exact) mass is 509 g/mol. The van der Waals surface area contributed by atoms with E-state index in [-0.39, 0.29) is 49.7 Å². The van der Waals surface area contributed by atoms with Gasteiger partial charge in [0.05, 0.1) is 41.7 Å². The molecule has 0 saturated carbocycles. The molecule has 0 amide bonds. The molecule has 0 aliphatic carbocycles. The number of hydrogen-bond donors (Lipinski definition) is 4. The Morgan fingerprint density at radius 3 is 2.70 bits per heavy atom. The zero-order chi connectivity index (χ0) is 25.9. The van der Waals surface area contributed by atoms with Gasteiger partial charge >= 0.3 is 5.97 Å². The summed E-state index contributed by atoms with van der Waals surface area (Å²) in [6.45, 7) is 2.44. The number of cyclic esters (lactones) is 1. The maximum absolute atomic E-state index is 13.5. The number of aliphatic hydroxyl groups excluding tert-OH is 2. The summed E-state index contributed by atoms with van der Waals surface area (Å²) in [4.78, 5) is 30.9. The molecule has 1 unspecified atom stereocenters. The first-order chi connectivity index (χ1) is 17.9. The summed E-state index contributed by atoms with van der Waals surface area (Å²) in [6.07, 6.45) is -0.361. The Morgan fingerprint density at radius 2 is 1.95 bits per heavy atom. The number of hydrogen-bond acceptors (Lipinski definition) is 10. The lowest BCUT2D eigenvalue weighted by molar-refractivity contribution is -0.172. The number of carbonyl (C=O) groups is 1. The number of ether oxygens (including phenoxy) is 3. The zero-order valence-electron chi connectivity index (χ0n) is 20.2. The average molecular weight is 510 g/mol. The lowest BCUT2D eigenvalue weighted by Crippen LogP contribution is -2.44. The van der Waals surface area contributed by atoms with Crippen molar-refractivity contribution in [3.05, 3.63) is 50.8 Å². The van der Waals surface area contributed by atoms with Crippen molar-refractivity contribution in [3.8, 4) is 22.9 Å². The van der Waals surface area contributed by atoms with E-state index in [1.807, 2.05) is 6.07 Å². The van der Waals surface area contributed by atoms with Gasteiger partial charge in [0, 0.05) is 29.1 Å². The Balaban J connectivity index is 1.51. The van der Waals surface area contributed by atoms with Gasteiger partial charge in [-0.3, -0.25) is 4.79 Å². The number of benzene rings is 1. The average Bonchev–Trinajstić information content (AvgIpc) is 3.51. The summed E-state index contributed by atoms with van der Waals surface area (Å²) in [6, 6.07) is 5.37. The van der Waals surface area contributed by atoms with Crippen LogP contribution in [0.5, 0.6) is 11.5 Å². The zero-order valence-corrected chi connectivity index (χ0v) is 20.2. The van der Waals surface area contributed by atoms with Crippen LogP contribution >= 0.6 is 0 Å². The first-order valence-corrected chi connectivity index (χ1v) is 12.3. The van der Waals surface area contributed by atoms with Crippen molar-refractivity contribution in [2.24, 2.45) is 0 Å². The molecule has 2 aromatic heterocycles. The van der Waals surface area contributed by atoms with Crippen molar-refractivity contribution in [1.82, 2.24) is 14.9 Å². The van der Waals surface area contributed by atoms with Gasteiger partial charge in [0.15, 0.2) is 17.1 Å². The smallest absolute Gasteiger partial charge is 0.343 e. The molecule has 0 fully saturated rings. The van der Waals surface area contributed by atoms with Gasteiger partial charge in [0.2, 0.25) is 6.79 Å². The second-order valence-electron chi connectivity index (χ2n) is 9.55. The highest BCUT2D eigenvalue weighted by molar-refractivity contribution is 5.91. The molecule has 3 aliphatic heterocycles. The summed E-state index contributed by atoms with van der Waals surface area (Å²) in [5.41, 5.74) is 1.83. The Kier molecular flexibility index (Phi) is 5.68. The maximum Gasteiger partial charge on any atom is 0.343 e. The van der Waals surface area contributed by atoms with Gasteiger partial charge in [-0.25, -0.2) is 9.78 Å². The Morgan fingerprint density at radius 1 is 1.16 bits per heavy atom. The number of pyridine rings is 2. The van der Waals surface area contributed by atoms with Gasteiger partial charge in [-0.15, -0.1) is 0 Å². The van der Waals surface area contributed by atoms with Crippen LogP contribution in [0.15, 0.2) is 23.0 Å². The molecule has 0 saturated heterocycles. The topological polar surface area (TPSA) is 152 Å². The molecular formula is C26H27N3O8. The molecule has 194 valence electrons. The van der Waals surface area contributed by atoms with E-state index in [9.17, 15) is 19.8 Å². The largest absolute Gasteiger partial charge is 0.458 e. The SMILES string of the molecule is CC[C@@]1(O)C(=O)OCc2c1cc1n(c2=O)Cc2c-1nc1cc3c(cc1c2CNCCC(O)CO)OCO3. The standard InChI is InChI=1S/C26H27N3O8/c1-2-26(34)18-6-20-23-16(9-29(20)24(32)17(18)11-35-25(26)33)15(8-27-4-3-13(31)10-30)14-5-21-22(37-12-36-21)7-19(14)28-23/h5-7,13,27,30-31,34H,2-4,8-12H2,1H3/t13?,26-/m0/s1. The van der Waals surface area contributed by atoms with Gasteiger partial charge < -0.3 is 39.4 Å². The van der Waals surface area contributed by atoms with E-state index in [1.165, 1.54) is 0 Å². The highest BCUT2D eigenvalue weighted by Crippen LogP contribution is 2.43. The lowest BCUT2D eigenvalue weighted by atomic mass is 9.86. The van der Waals surface area contributed by atoms with E-state index in [4.69, 9.17) is 24.3 Å². The molecule has 0 bridgehead atoms. The van der Waals surface area contributed by atoms with Crippen LogP contribution in [0.25, 0.3) is 22.3 Å². The van der Waals surface area contributed by atoms with E-state index in [0.29, 0.717) is 47.9 Å². The number of rotatable bonds is 7. The van der Waals surface area contributed by atoms with Crippen molar-refractivity contribution in [2.45, 2.75) is 51.2 Å². The quantitative estimate of drug-likeness (QED) is 0.206. The second kappa shape index (κ2) is 8.80. The number of carbonyl (C=O) groups excluding carboxylic acids is 1. The van der Waals surface area contributed by atoms with Crippen molar-refractivity contribution < 1.29 is 34.3 Å². The summed E-state index contributed by atoms with van der Waals surface area (Å²) in [5.74, 6) is 0.422. The van der Waals surface area contributed by atoms with Crippen LogP contribution in [0.4, 0.5) is 0 Å². The molecule has 11 nitrogen and oxygen atoms in total. The minimum atomic E-state index is -1.90. The van der Waals surface area contributed by atoms with E-state index in [0.717, 1.165) is 16.5 Å². The second-order valence-corrected chi connectivity index (χ2v) is 9.55. The molecule has 4 N–H and O–H groups in total. The van der Waals surface area contributed by atoms with E-state index in [2.05, 4.69) is 5.32 Å². The first kappa shape index (κ1) is 23.9. The molecule has 1 aromatic carbocycles. The fraction of sp³-hybridized carbons (Fsp3) is 0.423. The van der Waals surface area contributed by atoms with Crippen molar-refractivity contribution in [1.29, 1.82) is 0 Å². The molecule has 0 radical (unpaired) electrons. The fourth-order valence-electron chi connectivity index (χ4n) is 5.33. The van der Waals surface area contributed by atoms with Crippen LogP contribution in [0.1, 0.15) is 42.0 Å². The van der Waals surface area contributed by atoms with Crippen molar-refractivity contribution in [3.63, 3.8) is 0 Å². The third-order valence-corrected chi connectivity index (χ3v) is 7.47. The highest BCUT2D eigenvalue weighted by atomic mass is 16.7. The summed E-state index contributed by atoms with van der Waals surface area (Å²) in [5, 5.41) is 34.1. The fourth-order valence-corrected chi connectivity index (χ4v) is 5.33. The van der Waals surface area contributed by atoms with Crippen LogP contribution in [-0.4, -0.2) is 56.9 Å². The molecular weight excluding hydrogens is 482 g/mol. The number of esters is 1. The van der Waals surface area contributed by atoms with Gasteiger partial charge in [-0.2, -0.15) is 0 Å². The van der Waals surface area contributed by atoms with Gasteiger partial charge in [0.25, 0.3) is 5.56 Å². The Hall–Kier alpha value is -3.51. The molecule has 3 aromatic rings. The van der Waals surface area contributed by atoms with Gasteiger partial charge in [-0.05, 0) is 37.1 Å². The van der Waals surface area contributed by atoms with Crippen LogP contribution in [-0.2, 0) is 34.8 Å². The predicted octanol–water partition coefficient (Wildman–Crippen LogP) is 0.641. The van der Waals surface area contributed by atoms with Crippen LogP contribution in [0.2, 0.25) is 0 Å². The first-order valence-electron chi connectivity index (χ1n) is 12.3. The Labute approximate surface area is 211 Å². The van der Waals surface area contributed by atoms with Crippen molar-refractivity contribution >= 4 is 16.9 Å². The molecule has 3 aliphatic rings. The molecule has 2 atom stereocenters. The minimum Gasteiger partial charge on any atom is -0.458 e. The minimum absolute atomic E-state index is 0.0675. The maximum atomic E-state index is 13.5. The molecule has 37 heavy (non-hydrogen) atoms. The summed E-state index contributed by atoms with van der Waals surface area (Å²) < 4.78 is 17.9. The molecule has 0 spiro atoms. The van der Waals surface area contributed by atoms with E-state index in [1.54, 1.807) is 23.6 Å². The van der Waals surface area contributed by atoms with Crippen molar-refractivity contribution in [2.75, 3.05) is 19.9 Å². The Bertz CT molecular complexity index is 1500. The lowest BCUT2D eigenvalue weighted by Gasteiger charge is -2.31. The third-order valence-electron chi connectivity index (χ3n) is 7.47. The number of aromatic nitrogens is 2. The summed E-state index contributed by atoms with van der Waals surface area (Å²) in [7, 11) is 0. The molecule has 5 heterocycles. The molecule has 6 rings (SSSR count). The number of fused-ring (bicyclic) bond motifs is 6. The van der Waals surface area contributed by atoms with Crippen LogP contribution in [0.3, 0.4) is 0 Å². The number of nitrogens with one attached hydrogen (secondary N) is 1. The normalized spacial score (nSPS) is 19.9. The predicted molar refractivity (Wildman–Crippen MR) is 130 cm³/mol. The van der Waals surface area contributed by atoms with E-state index < -0.39 is 17.7 Å². The van der Waals surface area contributed by atoms with Gasteiger partial charge in [-0.1, -0.05) is 6.92 Å². The van der Waals surface area contributed by atoms with E-state index >= 15 is 0 Å². The van der Waals surface area contributed by atoms with Gasteiger partial charge in [0.1, 0.15) is 6.61 Å². The summed E-state index contributed by atoms with van der Waals surface area (Å²) >= 11 is 0. The third kappa shape index (κ3) is 3.61. The molecule has 11 heteroatoms. The number of aliphatic hydroxyl groups is 3. The highest BCUT2D eigenvalue weighted by Gasteiger charge is 2.45. The van der Waals surface area contributed by atoms with Crippen LogP contribution in [0, 0.1) is 0 Å². The van der Waals surface area contributed by atoms with Crippen LogP contribution < -0.4 is 20.3 Å². The number of nitrogens with zero attached hydrogens (tertiary/aromatic N) is 2.